The molecule has 1 aliphatic heterocycles. The second kappa shape index (κ2) is 6.26. The number of fused-ring (bicyclic) bond motifs is 1. The summed E-state index contributed by atoms with van der Waals surface area (Å²) in [6.45, 7) is 2.46. The third-order valence-corrected chi connectivity index (χ3v) is 4.85. The van der Waals surface area contributed by atoms with Crippen LogP contribution in [0.4, 0.5) is 0 Å². The molecule has 0 saturated heterocycles. The first kappa shape index (κ1) is 15.7. The lowest BCUT2D eigenvalue weighted by Crippen LogP contribution is -2.31. The molecular weight excluding hydrogens is 314 g/mol. The zero-order valence-electron chi connectivity index (χ0n) is 14.2. The fourth-order valence-corrected chi connectivity index (χ4v) is 3.43. The van der Waals surface area contributed by atoms with Crippen molar-refractivity contribution < 1.29 is 10.2 Å². The summed E-state index contributed by atoms with van der Waals surface area (Å²) in [5.41, 5.74) is 4.30. The molecule has 1 aromatic heterocycles. The highest BCUT2D eigenvalue weighted by molar-refractivity contribution is 5.58. The van der Waals surface area contributed by atoms with Gasteiger partial charge in [0.2, 0.25) is 0 Å². The van der Waals surface area contributed by atoms with Crippen molar-refractivity contribution in [2.75, 3.05) is 6.54 Å². The molecular formula is C20H21N3O2. The van der Waals surface area contributed by atoms with Gasteiger partial charge in [0.15, 0.2) is 0 Å². The average Bonchev–Trinajstić information content (AvgIpc) is 2.94. The Bertz CT molecular complexity index is 900. The number of phenolic OH excluding ortho intramolecular Hbond substituents is 2. The largest absolute Gasteiger partial charge is 0.508 e. The van der Waals surface area contributed by atoms with Crippen LogP contribution in [0, 0.1) is 0 Å². The third kappa shape index (κ3) is 2.98. The van der Waals surface area contributed by atoms with Crippen LogP contribution in [0.1, 0.15) is 17.0 Å². The van der Waals surface area contributed by atoms with Gasteiger partial charge in [-0.25, -0.2) is 4.98 Å². The van der Waals surface area contributed by atoms with Crippen molar-refractivity contribution in [3.63, 3.8) is 0 Å². The summed E-state index contributed by atoms with van der Waals surface area (Å²) in [6, 6.07) is 14.7. The maximum atomic E-state index is 10.0. The highest BCUT2D eigenvalue weighted by Gasteiger charge is 2.23. The van der Waals surface area contributed by atoms with Crippen LogP contribution < -0.4 is 0 Å². The number of phenols is 2. The van der Waals surface area contributed by atoms with E-state index in [2.05, 4.69) is 9.47 Å². The number of imidazole rings is 1. The quantitative estimate of drug-likeness (QED) is 0.772. The van der Waals surface area contributed by atoms with E-state index in [1.807, 2.05) is 37.4 Å². The average molecular weight is 335 g/mol. The lowest BCUT2D eigenvalue weighted by Gasteiger charge is -2.27. The number of hydrogen-bond acceptors (Lipinski definition) is 4. The summed E-state index contributed by atoms with van der Waals surface area (Å²) >= 11 is 0. The van der Waals surface area contributed by atoms with Crippen molar-refractivity contribution in [2.45, 2.75) is 19.5 Å². The van der Waals surface area contributed by atoms with Gasteiger partial charge in [-0.05, 0) is 30.3 Å². The van der Waals surface area contributed by atoms with E-state index in [1.54, 1.807) is 18.2 Å². The SMILES string of the molecule is Cn1c(-c2ccc(O)cc2)nc2c1CN(Cc1ccccc1O)CC2. The highest BCUT2D eigenvalue weighted by Crippen LogP contribution is 2.28. The van der Waals surface area contributed by atoms with E-state index < -0.39 is 0 Å². The van der Waals surface area contributed by atoms with Gasteiger partial charge in [0.25, 0.3) is 0 Å². The molecule has 0 radical (unpaired) electrons. The Morgan fingerprint density at radius 3 is 2.56 bits per heavy atom. The molecule has 5 heteroatoms. The molecule has 0 saturated carbocycles. The van der Waals surface area contributed by atoms with Crippen LogP contribution in [0.2, 0.25) is 0 Å². The molecule has 1 aliphatic rings. The topological polar surface area (TPSA) is 61.5 Å². The van der Waals surface area contributed by atoms with Gasteiger partial charge in [-0.15, -0.1) is 0 Å². The first-order valence-corrected chi connectivity index (χ1v) is 8.45. The Hall–Kier alpha value is -2.79. The normalized spacial score (nSPS) is 14.4. The van der Waals surface area contributed by atoms with Crippen molar-refractivity contribution in [1.82, 2.24) is 14.5 Å². The van der Waals surface area contributed by atoms with Gasteiger partial charge in [-0.2, -0.15) is 0 Å². The summed E-state index contributed by atoms with van der Waals surface area (Å²) in [7, 11) is 2.04. The summed E-state index contributed by atoms with van der Waals surface area (Å²) < 4.78 is 2.14. The number of nitrogens with zero attached hydrogens (tertiary/aromatic N) is 3. The van der Waals surface area contributed by atoms with Crippen LogP contribution >= 0.6 is 0 Å². The summed E-state index contributed by atoms with van der Waals surface area (Å²) in [6.07, 6.45) is 0.898. The molecule has 25 heavy (non-hydrogen) atoms. The molecule has 0 bridgehead atoms. The maximum absolute atomic E-state index is 10.0. The zero-order valence-corrected chi connectivity index (χ0v) is 14.2. The van der Waals surface area contributed by atoms with Crippen LogP contribution in [0.5, 0.6) is 11.5 Å². The molecule has 2 heterocycles. The summed E-state index contributed by atoms with van der Waals surface area (Å²) in [4.78, 5) is 7.15. The molecule has 0 atom stereocenters. The number of para-hydroxylation sites is 1. The van der Waals surface area contributed by atoms with Gasteiger partial charge in [0.1, 0.15) is 17.3 Å². The minimum absolute atomic E-state index is 0.261. The fourth-order valence-electron chi connectivity index (χ4n) is 3.43. The number of benzene rings is 2. The van der Waals surface area contributed by atoms with E-state index in [4.69, 9.17) is 4.98 Å². The van der Waals surface area contributed by atoms with Gasteiger partial charge in [0.05, 0.1) is 11.4 Å². The Kier molecular flexibility index (Phi) is 3.93. The molecule has 128 valence electrons. The minimum atomic E-state index is 0.261. The molecule has 3 aromatic rings. The fraction of sp³-hybridized carbons (Fsp3) is 0.250. The predicted molar refractivity (Wildman–Crippen MR) is 96.2 cm³/mol. The Labute approximate surface area is 146 Å². The van der Waals surface area contributed by atoms with Gasteiger partial charge in [-0.3, -0.25) is 4.90 Å². The molecule has 0 spiro atoms. The Morgan fingerprint density at radius 1 is 1.04 bits per heavy atom. The Morgan fingerprint density at radius 2 is 1.80 bits per heavy atom. The lowest BCUT2D eigenvalue weighted by atomic mass is 10.1. The lowest BCUT2D eigenvalue weighted by molar-refractivity contribution is 0.235. The standard InChI is InChI=1S/C20H21N3O2/c1-22-18-13-23(12-15-4-2-3-5-19(15)25)11-10-17(18)21-20(22)14-6-8-16(24)9-7-14/h2-9,24-25H,10-13H2,1H3. The zero-order chi connectivity index (χ0) is 17.4. The first-order chi connectivity index (χ1) is 12.1. The second-order valence-electron chi connectivity index (χ2n) is 6.52. The van der Waals surface area contributed by atoms with E-state index in [0.717, 1.165) is 48.7 Å². The van der Waals surface area contributed by atoms with E-state index in [-0.39, 0.29) is 5.75 Å². The summed E-state index contributed by atoms with van der Waals surface area (Å²) in [5.74, 6) is 1.54. The minimum Gasteiger partial charge on any atom is -0.508 e. The molecule has 0 fully saturated rings. The number of hydrogen-bond donors (Lipinski definition) is 2. The van der Waals surface area contributed by atoms with Gasteiger partial charge in [-0.1, -0.05) is 18.2 Å². The second-order valence-corrected chi connectivity index (χ2v) is 6.52. The van der Waals surface area contributed by atoms with Crippen molar-refractivity contribution in [1.29, 1.82) is 0 Å². The first-order valence-electron chi connectivity index (χ1n) is 8.45. The van der Waals surface area contributed by atoms with Crippen molar-refractivity contribution in [3.8, 4) is 22.9 Å². The monoisotopic (exact) mass is 335 g/mol. The third-order valence-electron chi connectivity index (χ3n) is 4.85. The molecule has 2 aromatic carbocycles. The maximum Gasteiger partial charge on any atom is 0.140 e. The number of rotatable bonds is 3. The van der Waals surface area contributed by atoms with Crippen molar-refractivity contribution in [3.05, 3.63) is 65.5 Å². The van der Waals surface area contributed by atoms with Crippen LogP contribution in [0.15, 0.2) is 48.5 Å². The van der Waals surface area contributed by atoms with E-state index in [1.165, 1.54) is 5.69 Å². The molecule has 0 unspecified atom stereocenters. The van der Waals surface area contributed by atoms with E-state index in [0.29, 0.717) is 5.75 Å². The molecule has 0 aliphatic carbocycles. The van der Waals surface area contributed by atoms with Crippen LogP contribution in [-0.2, 0) is 26.6 Å². The number of aromatic hydroxyl groups is 2. The molecule has 2 N–H and O–H groups in total. The Balaban J connectivity index is 1.59. The van der Waals surface area contributed by atoms with Crippen LogP contribution in [0.25, 0.3) is 11.4 Å². The highest BCUT2D eigenvalue weighted by atomic mass is 16.3. The van der Waals surface area contributed by atoms with Gasteiger partial charge < -0.3 is 14.8 Å². The van der Waals surface area contributed by atoms with Crippen molar-refractivity contribution in [2.24, 2.45) is 7.05 Å². The molecule has 0 amide bonds. The van der Waals surface area contributed by atoms with Crippen molar-refractivity contribution >= 4 is 0 Å². The smallest absolute Gasteiger partial charge is 0.140 e. The molecule has 4 rings (SSSR count). The predicted octanol–water partition coefficient (Wildman–Crippen LogP) is 3.06. The van der Waals surface area contributed by atoms with Gasteiger partial charge in [0, 0.05) is 44.2 Å². The number of aromatic nitrogens is 2. The van der Waals surface area contributed by atoms with E-state index in [9.17, 15) is 10.2 Å². The summed E-state index contributed by atoms with van der Waals surface area (Å²) in [5, 5.41) is 19.5. The van der Waals surface area contributed by atoms with Gasteiger partial charge >= 0.3 is 0 Å². The van der Waals surface area contributed by atoms with Crippen LogP contribution in [0.3, 0.4) is 0 Å². The van der Waals surface area contributed by atoms with E-state index >= 15 is 0 Å². The molecule has 5 nitrogen and oxygen atoms in total. The van der Waals surface area contributed by atoms with Crippen LogP contribution in [-0.4, -0.2) is 31.2 Å².